The number of aromatic nitrogens is 1. The van der Waals surface area contributed by atoms with Gasteiger partial charge in [0.25, 0.3) is 0 Å². The molecule has 0 aliphatic carbocycles. The molecule has 2 rings (SSSR count). The predicted molar refractivity (Wildman–Crippen MR) is 82.1 cm³/mol. The van der Waals surface area contributed by atoms with Gasteiger partial charge in [0.05, 0.1) is 10.7 Å². The van der Waals surface area contributed by atoms with Crippen molar-refractivity contribution in [3.05, 3.63) is 15.6 Å². The van der Waals surface area contributed by atoms with Gasteiger partial charge < -0.3 is 10.6 Å². The average Bonchev–Trinajstić information content (AvgIpc) is 2.77. The summed E-state index contributed by atoms with van der Waals surface area (Å²) in [6, 6.07) is 0.136. The minimum Gasteiger partial charge on any atom is -0.355 e. The maximum Gasteiger partial charge on any atom is 0.238 e. The van der Waals surface area contributed by atoms with Crippen molar-refractivity contribution in [1.82, 2.24) is 20.5 Å². The number of amides is 1. The highest BCUT2D eigenvalue weighted by Crippen LogP contribution is 2.30. The molecule has 0 saturated carbocycles. The van der Waals surface area contributed by atoms with E-state index in [1.807, 2.05) is 13.8 Å². The zero-order chi connectivity index (χ0) is 14.7. The maximum absolute atomic E-state index is 12.2. The van der Waals surface area contributed by atoms with E-state index in [0.29, 0.717) is 13.1 Å². The fourth-order valence-electron chi connectivity index (χ4n) is 2.80. The lowest BCUT2D eigenvalue weighted by Crippen LogP contribution is -2.58. The van der Waals surface area contributed by atoms with Crippen molar-refractivity contribution in [2.45, 2.75) is 39.8 Å². The molecule has 1 aliphatic rings. The summed E-state index contributed by atoms with van der Waals surface area (Å²) < 4.78 is 0. The van der Waals surface area contributed by atoms with Crippen molar-refractivity contribution in [2.75, 3.05) is 26.2 Å². The molecule has 0 radical (unpaired) electrons. The summed E-state index contributed by atoms with van der Waals surface area (Å²) in [5.74, 6) is 0.116. The van der Waals surface area contributed by atoms with E-state index in [1.54, 1.807) is 11.3 Å². The summed E-state index contributed by atoms with van der Waals surface area (Å²) in [4.78, 5) is 20.3. The van der Waals surface area contributed by atoms with Crippen LogP contribution < -0.4 is 10.6 Å². The predicted octanol–water partition coefficient (Wildman–Crippen LogP) is 1.23. The van der Waals surface area contributed by atoms with Crippen LogP contribution in [0.3, 0.4) is 0 Å². The van der Waals surface area contributed by atoms with Crippen LogP contribution in [0.1, 0.15) is 35.5 Å². The number of likely N-dealkylation sites (N-methyl/N-ethyl adjacent to an activating group) is 1. The Hall–Kier alpha value is -0.980. The van der Waals surface area contributed by atoms with Gasteiger partial charge in [-0.2, -0.15) is 0 Å². The van der Waals surface area contributed by atoms with Gasteiger partial charge in [0.15, 0.2) is 0 Å². The number of hydrogen-bond acceptors (Lipinski definition) is 5. The van der Waals surface area contributed by atoms with Crippen molar-refractivity contribution in [3.8, 4) is 0 Å². The second-order valence-electron chi connectivity index (χ2n) is 5.21. The molecule has 1 amide bonds. The smallest absolute Gasteiger partial charge is 0.238 e. The molecule has 1 aliphatic heterocycles. The highest BCUT2D eigenvalue weighted by atomic mass is 32.1. The second-order valence-corrected chi connectivity index (χ2v) is 6.45. The summed E-state index contributed by atoms with van der Waals surface area (Å²) >= 11 is 1.74. The van der Waals surface area contributed by atoms with Crippen LogP contribution in [0.2, 0.25) is 0 Å². The standard InChI is InChI=1S/C14H24N4OS/c1-5-16-14(19)12-8-15-6-7-18(12)10(3)13-9(2)17-11(4)20-13/h10,12,15H,5-8H2,1-4H3,(H,16,19). The Morgan fingerprint density at radius 1 is 1.60 bits per heavy atom. The minimum atomic E-state index is -0.0968. The SMILES string of the molecule is CCNC(=O)C1CNCCN1C(C)c1sc(C)nc1C. The van der Waals surface area contributed by atoms with Crippen molar-refractivity contribution in [3.63, 3.8) is 0 Å². The third-order valence-electron chi connectivity index (χ3n) is 3.75. The van der Waals surface area contributed by atoms with Crippen molar-refractivity contribution in [2.24, 2.45) is 0 Å². The third kappa shape index (κ3) is 3.19. The van der Waals surface area contributed by atoms with E-state index < -0.39 is 0 Å². The van der Waals surface area contributed by atoms with E-state index in [-0.39, 0.29) is 18.0 Å². The minimum absolute atomic E-state index is 0.0968. The normalized spacial score (nSPS) is 21.7. The number of aryl methyl sites for hydroxylation is 2. The van der Waals surface area contributed by atoms with Gasteiger partial charge in [-0.1, -0.05) is 0 Å². The Morgan fingerprint density at radius 2 is 2.35 bits per heavy atom. The van der Waals surface area contributed by atoms with Gasteiger partial charge in [0.2, 0.25) is 5.91 Å². The molecule has 2 heterocycles. The highest BCUT2D eigenvalue weighted by Gasteiger charge is 2.33. The van der Waals surface area contributed by atoms with E-state index >= 15 is 0 Å². The molecule has 5 nitrogen and oxygen atoms in total. The molecule has 1 saturated heterocycles. The molecule has 0 aromatic carbocycles. The zero-order valence-corrected chi connectivity index (χ0v) is 13.5. The van der Waals surface area contributed by atoms with Crippen molar-refractivity contribution >= 4 is 17.2 Å². The fraction of sp³-hybridized carbons (Fsp3) is 0.714. The zero-order valence-electron chi connectivity index (χ0n) is 12.7. The molecule has 1 fully saturated rings. The van der Waals surface area contributed by atoms with E-state index in [9.17, 15) is 4.79 Å². The number of hydrogen-bond donors (Lipinski definition) is 2. The lowest BCUT2D eigenvalue weighted by molar-refractivity contribution is -0.127. The first-order chi connectivity index (χ1) is 9.54. The Balaban J connectivity index is 2.19. The van der Waals surface area contributed by atoms with Crippen LogP contribution in [0.25, 0.3) is 0 Å². The largest absolute Gasteiger partial charge is 0.355 e. The van der Waals surface area contributed by atoms with Crippen LogP contribution in [-0.4, -0.2) is 48.0 Å². The van der Waals surface area contributed by atoms with Crippen LogP contribution in [0.5, 0.6) is 0 Å². The second kappa shape index (κ2) is 6.65. The quantitative estimate of drug-likeness (QED) is 0.877. The van der Waals surface area contributed by atoms with Gasteiger partial charge in [0, 0.05) is 37.1 Å². The number of rotatable bonds is 4. The van der Waals surface area contributed by atoms with E-state index in [4.69, 9.17) is 0 Å². The number of thiazole rings is 1. The molecule has 2 N–H and O–H groups in total. The van der Waals surface area contributed by atoms with Crippen LogP contribution in [-0.2, 0) is 4.79 Å². The molecular weight excluding hydrogens is 272 g/mol. The van der Waals surface area contributed by atoms with E-state index in [2.05, 4.69) is 34.4 Å². The van der Waals surface area contributed by atoms with Gasteiger partial charge in [-0.05, 0) is 27.7 Å². The summed E-state index contributed by atoms with van der Waals surface area (Å²) in [5.41, 5.74) is 1.09. The lowest BCUT2D eigenvalue weighted by Gasteiger charge is -2.39. The molecule has 1 aromatic rings. The number of piperazine rings is 1. The number of carbonyl (C=O) groups excluding carboxylic acids is 1. The van der Waals surface area contributed by atoms with Crippen LogP contribution in [0.4, 0.5) is 0 Å². The van der Waals surface area contributed by atoms with Crippen molar-refractivity contribution < 1.29 is 4.79 Å². The van der Waals surface area contributed by atoms with Crippen molar-refractivity contribution in [1.29, 1.82) is 0 Å². The number of nitrogens with zero attached hydrogens (tertiary/aromatic N) is 2. The molecule has 112 valence electrons. The molecule has 6 heteroatoms. The fourth-order valence-corrected chi connectivity index (χ4v) is 3.80. The number of nitrogens with one attached hydrogen (secondary N) is 2. The Bertz CT molecular complexity index is 474. The third-order valence-corrected chi connectivity index (χ3v) is 5.00. The molecule has 1 aromatic heterocycles. The van der Waals surface area contributed by atoms with Crippen LogP contribution in [0, 0.1) is 13.8 Å². The topological polar surface area (TPSA) is 57.3 Å². The first-order valence-corrected chi connectivity index (χ1v) is 8.04. The van der Waals surface area contributed by atoms with Gasteiger partial charge in [-0.25, -0.2) is 4.98 Å². The van der Waals surface area contributed by atoms with Gasteiger partial charge in [0.1, 0.15) is 6.04 Å². The van der Waals surface area contributed by atoms with E-state index in [1.165, 1.54) is 4.88 Å². The summed E-state index contributed by atoms with van der Waals surface area (Å²) in [5, 5.41) is 7.35. The van der Waals surface area contributed by atoms with E-state index in [0.717, 1.165) is 23.8 Å². The van der Waals surface area contributed by atoms with Crippen LogP contribution in [0.15, 0.2) is 0 Å². The molecular formula is C14H24N4OS. The molecule has 20 heavy (non-hydrogen) atoms. The molecule has 0 spiro atoms. The lowest BCUT2D eigenvalue weighted by atomic mass is 10.1. The molecule has 0 bridgehead atoms. The Morgan fingerprint density at radius 3 is 2.95 bits per heavy atom. The molecule has 2 atom stereocenters. The monoisotopic (exact) mass is 296 g/mol. The van der Waals surface area contributed by atoms with Gasteiger partial charge in [-0.15, -0.1) is 11.3 Å². The molecule has 2 unspecified atom stereocenters. The summed E-state index contributed by atoms with van der Waals surface area (Å²) in [6.07, 6.45) is 0. The Labute approximate surface area is 124 Å². The first-order valence-electron chi connectivity index (χ1n) is 7.22. The number of carbonyl (C=O) groups is 1. The first kappa shape index (κ1) is 15.4. The van der Waals surface area contributed by atoms with Crippen LogP contribution >= 0.6 is 11.3 Å². The highest BCUT2D eigenvalue weighted by molar-refractivity contribution is 7.11. The van der Waals surface area contributed by atoms with Gasteiger partial charge in [-0.3, -0.25) is 9.69 Å². The average molecular weight is 296 g/mol. The Kier molecular flexibility index (Phi) is 5.12. The summed E-state index contributed by atoms with van der Waals surface area (Å²) in [7, 11) is 0. The van der Waals surface area contributed by atoms with Gasteiger partial charge >= 0.3 is 0 Å². The summed E-state index contributed by atoms with van der Waals surface area (Å²) in [6.45, 7) is 11.4. The maximum atomic E-state index is 12.2.